The minimum absolute atomic E-state index is 0.0801. The summed E-state index contributed by atoms with van der Waals surface area (Å²) in [6.07, 6.45) is 1.51. The van der Waals surface area contributed by atoms with E-state index in [0.717, 1.165) is 29.8 Å². The van der Waals surface area contributed by atoms with Gasteiger partial charge in [-0.15, -0.1) is 0 Å². The molecule has 1 aliphatic heterocycles. The zero-order valence-corrected chi connectivity index (χ0v) is 22.7. The first-order chi connectivity index (χ1) is 18.8. The van der Waals surface area contributed by atoms with E-state index < -0.39 is 11.4 Å². The highest BCUT2D eigenvalue weighted by molar-refractivity contribution is 6.05. The van der Waals surface area contributed by atoms with Crippen molar-refractivity contribution in [2.24, 2.45) is 0 Å². The second kappa shape index (κ2) is 12.1. The Balaban J connectivity index is 1.63. The fraction of sp³-hybridized carbons (Fsp3) is 0.344. The van der Waals surface area contributed by atoms with Gasteiger partial charge in [0.25, 0.3) is 5.91 Å². The van der Waals surface area contributed by atoms with Crippen molar-refractivity contribution < 1.29 is 19.4 Å². The van der Waals surface area contributed by atoms with Gasteiger partial charge in [0, 0.05) is 42.4 Å². The minimum Gasteiger partial charge on any atom is -0.496 e. The fourth-order valence-corrected chi connectivity index (χ4v) is 5.30. The van der Waals surface area contributed by atoms with Crippen LogP contribution in [0.15, 0.2) is 66.7 Å². The Labute approximate surface area is 230 Å². The lowest BCUT2D eigenvalue weighted by atomic mass is 9.73. The van der Waals surface area contributed by atoms with Gasteiger partial charge in [0.2, 0.25) is 0 Å². The average Bonchev–Trinajstić information content (AvgIpc) is 2.96. The van der Waals surface area contributed by atoms with Crippen LogP contribution in [0.4, 0.5) is 5.69 Å². The third-order valence-electron chi connectivity index (χ3n) is 7.63. The number of methoxy groups -OCH3 is 1. The van der Waals surface area contributed by atoms with Crippen LogP contribution in [-0.4, -0.2) is 48.1 Å². The molecule has 1 aliphatic rings. The highest BCUT2D eigenvalue weighted by Gasteiger charge is 2.39. The van der Waals surface area contributed by atoms with E-state index >= 15 is 0 Å². The number of ether oxygens (including phenoxy) is 1. The van der Waals surface area contributed by atoms with E-state index in [-0.39, 0.29) is 18.7 Å². The molecular formula is C32H35N3O4. The third kappa shape index (κ3) is 6.30. The number of hydrogen-bond donors (Lipinski definition) is 2. The van der Waals surface area contributed by atoms with E-state index in [1.165, 1.54) is 0 Å². The number of anilines is 1. The molecular weight excluding hydrogens is 490 g/mol. The number of benzene rings is 3. The number of hydrogen-bond acceptors (Lipinski definition) is 5. The summed E-state index contributed by atoms with van der Waals surface area (Å²) in [5, 5.41) is 22.6. The molecule has 0 atom stereocenters. The monoisotopic (exact) mass is 525 g/mol. The van der Waals surface area contributed by atoms with Crippen LogP contribution in [0.5, 0.6) is 5.75 Å². The first-order valence-corrected chi connectivity index (χ1v) is 13.3. The quantitative estimate of drug-likeness (QED) is 0.361. The van der Waals surface area contributed by atoms with E-state index in [9.17, 15) is 20.0 Å². The lowest BCUT2D eigenvalue weighted by Gasteiger charge is -2.40. The van der Waals surface area contributed by atoms with Gasteiger partial charge in [-0.3, -0.25) is 9.59 Å². The maximum Gasteiger partial charge on any atom is 0.303 e. The summed E-state index contributed by atoms with van der Waals surface area (Å²) in [7, 11) is 1.59. The first-order valence-electron chi connectivity index (χ1n) is 13.3. The van der Waals surface area contributed by atoms with Gasteiger partial charge >= 0.3 is 5.97 Å². The van der Waals surface area contributed by atoms with Gasteiger partial charge in [0.15, 0.2) is 0 Å². The predicted molar refractivity (Wildman–Crippen MR) is 152 cm³/mol. The number of carboxylic acid groups (broad SMARTS) is 1. The largest absolute Gasteiger partial charge is 0.496 e. The zero-order valence-electron chi connectivity index (χ0n) is 22.7. The van der Waals surface area contributed by atoms with Crippen LogP contribution < -0.4 is 10.1 Å². The van der Waals surface area contributed by atoms with Crippen LogP contribution in [0.1, 0.15) is 54.6 Å². The lowest BCUT2D eigenvalue weighted by molar-refractivity contribution is -0.136. The lowest BCUT2D eigenvalue weighted by Crippen LogP contribution is -2.44. The summed E-state index contributed by atoms with van der Waals surface area (Å²) in [6, 6.07) is 23.7. The van der Waals surface area contributed by atoms with E-state index in [1.807, 2.05) is 48.5 Å². The summed E-state index contributed by atoms with van der Waals surface area (Å²) >= 11 is 0. The number of nitrogens with zero attached hydrogens (tertiary/aromatic N) is 2. The molecule has 4 rings (SSSR count). The third-order valence-corrected chi connectivity index (χ3v) is 7.63. The fourth-order valence-electron chi connectivity index (χ4n) is 5.30. The van der Waals surface area contributed by atoms with Gasteiger partial charge in [0.05, 0.1) is 18.6 Å². The number of carbonyl (C=O) groups excluding carboxylic acids is 1. The molecule has 0 saturated carbocycles. The number of carbonyl (C=O) groups is 2. The van der Waals surface area contributed by atoms with Crippen LogP contribution >= 0.6 is 0 Å². The molecule has 1 amide bonds. The Kier molecular flexibility index (Phi) is 8.68. The van der Waals surface area contributed by atoms with Crippen molar-refractivity contribution >= 4 is 17.6 Å². The molecule has 202 valence electrons. The first kappa shape index (κ1) is 27.9. The Morgan fingerprint density at radius 3 is 2.38 bits per heavy atom. The van der Waals surface area contributed by atoms with E-state index in [4.69, 9.17) is 4.74 Å². The van der Waals surface area contributed by atoms with Gasteiger partial charge in [-0.05, 0) is 74.1 Å². The van der Waals surface area contributed by atoms with Crippen molar-refractivity contribution in [1.29, 1.82) is 5.26 Å². The highest BCUT2D eigenvalue weighted by Crippen LogP contribution is 2.41. The summed E-state index contributed by atoms with van der Waals surface area (Å²) in [5.41, 5.74) is 3.64. The molecule has 1 saturated heterocycles. The Bertz CT molecular complexity index is 1370. The Morgan fingerprint density at radius 2 is 1.77 bits per heavy atom. The van der Waals surface area contributed by atoms with Gasteiger partial charge < -0.3 is 20.1 Å². The number of aliphatic carboxylic acids is 1. The minimum atomic E-state index is -0.920. The number of piperidine rings is 1. The van der Waals surface area contributed by atoms with E-state index in [2.05, 4.69) is 30.1 Å². The van der Waals surface area contributed by atoms with Crippen LogP contribution in [0.2, 0.25) is 0 Å². The van der Waals surface area contributed by atoms with Crippen LogP contribution in [0, 0.1) is 11.3 Å². The number of likely N-dealkylation sites (tertiary alicyclic amines) is 1. The van der Waals surface area contributed by atoms with Gasteiger partial charge in [-0.25, -0.2) is 0 Å². The molecule has 1 heterocycles. The van der Waals surface area contributed by atoms with E-state index in [0.29, 0.717) is 41.4 Å². The maximum absolute atomic E-state index is 13.5. The molecule has 0 aromatic heterocycles. The van der Waals surface area contributed by atoms with Crippen molar-refractivity contribution in [2.75, 3.05) is 25.5 Å². The Hall–Kier alpha value is -4.15. The molecule has 7 heteroatoms. The molecule has 0 radical (unpaired) electrons. The normalized spacial score (nSPS) is 14.9. The van der Waals surface area contributed by atoms with Crippen LogP contribution in [-0.2, 0) is 16.6 Å². The molecule has 39 heavy (non-hydrogen) atoms. The molecule has 1 fully saturated rings. The smallest absolute Gasteiger partial charge is 0.303 e. The maximum atomic E-state index is 13.5. The standard InChI is InChI=1S/C32H35N3O4/c1-22(2)35-17-15-32(21-33,16-18-35)28-20-26(11-13-29(28)39-3)34-31(38)27-12-9-24(23-7-5-4-6-8-23)19-25(27)10-14-30(36)37/h4-9,11-13,19-20,22H,10,14-18H2,1-3H3,(H,34,38)(H,36,37). The number of aryl methyl sites for hydroxylation is 1. The molecule has 7 nitrogen and oxygen atoms in total. The van der Waals surface area contributed by atoms with Crippen molar-refractivity contribution in [2.45, 2.75) is 51.0 Å². The zero-order chi connectivity index (χ0) is 28.0. The van der Waals surface area contributed by atoms with Crippen LogP contribution in [0.25, 0.3) is 11.1 Å². The van der Waals surface area contributed by atoms with Gasteiger partial charge in [-0.1, -0.05) is 42.5 Å². The summed E-state index contributed by atoms with van der Waals surface area (Å²) in [5.74, 6) is -0.620. The van der Waals surface area contributed by atoms with Crippen LogP contribution in [0.3, 0.4) is 0 Å². The average molecular weight is 526 g/mol. The van der Waals surface area contributed by atoms with Crippen molar-refractivity contribution in [3.05, 3.63) is 83.4 Å². The second-order valence-electron chi connectivity index (χ2n) is 10.3. The molecule has 3 aromatic carbocycles. The predicted octanol–water partition coefficient (Wildman–Crippen LogP) is 5.90. The molecule has 0 bridgehead atoms. The number of rotatable bonds is 9. The molecule has 2 N–H and O–H groups in total. The number of amides is 1. The topological polar surface area (TPSA) is 103 Å². The van der Waals surface area contributed by atoms with Gasteiger partial charge in [-0.2, -0.15) is 5.26 Å². The van der Waals surface area contributed by atoms with Crippen molar-refractivity contribution in [3.8, 4) is 22.9 Å². The molecule has 3 aromatic rings. The summed E-state index contributed by atoms with van der Waals surface area (Å²) in [6.45, 7) is 5.94. The SMILES string of the molecule is COc1ccc(NC(=O)c2ccc(-c3ccccc3)cc2CCC(=O)O)cc1C1(C#N)CCN(C(C)C)CC1. The summed E-state index contributed by atoms with van der Waals surface area (Å²) < 4.78 is 5.64. The van der Waals surface area contributed by atoms with Gasteiger partial charge in [0.1, 0.15) is 5.75 Å². The number of nitrogens with one attached hydrogen (secondary N) is 1. The van der Waals surface area contributed by atoms with Crippen molar-refractivity contribution in [1.82, 2.24) is 4.90 Å². The Morgan fingerprint density at radius 1 is 1.05 bits per heavy atom. The molecule has 0 aliphatic carbocycles. The van der Waals surface area contributed by atoms with E-state index in [1.54, 1.807) is 25.3 Å². The second-order valence-corrected chi connectivity index (χ2v) is 10.3. The van der Waals surface area contributed by atoms with Crippen molar-refractivity contribution in [3.63, 3.8) is 0 Å². The molecule has 0 spiro atoms. The number of carboxylic acids is 1. The summed E-state index contributed by atoms with van der Waals surface area (Å²) in [4.78, 5) is 27.2. The highest BCUT2D eigenvalue weighted by atomic mass is 16.5. The molecule has 0 unspecified atom stereocenters. The number of nitriles is 1.